The lowest BCUT2D eigenvalue weighted by Crippen LogP contribution is -2.45. The molecule has 1 aliphatic rings. The number of esters is 1. The standard InChI is InChI=1S/C32H33BrCl2N4O8/c1-5-45-25-11-18(29-28(31(41)44-4)17(2)37-32(42)38-29)7-9-24(25)46-16-27(40)39-36-14-20-10-21(33)12-26(43-3)30(20)47-15-19-6-8-22(34)13-23(19)35/h6-14,27,29,39-40H,5,15-16H2,1-4H3,(H2,37,38,42)/b36-14+/t27-,29+/m0/s1. The molecule has 250 valence electrons. The molecule has 0 radical (unpaired) electrons. The lowest BCUT2D eigenvalue weighted by atomic mass is 9.95. The van der Waals surface area contributed by atoms with Crippen molar-refractivity contribution < 1.29 is 38.4 Å². The molecule has 0 saturated carbocycles. The zero-order chi connectivity index (χ0) is 34.1. The highest BCUT2D eigenvalue weighted by Gasteiger charge is 2.32. The zero-order valence-electron chi connectivity index (χ0n) is 25.9. The van der Waals surface area contributed by atoms with Crippen LogP contribution < -0.4 is 35.0 Å². The predicted molar refractivity (Wildman–Crippen MR) is 180 cm³/mol. The first-order valence-electron chi connectivity index (χ1n) is 14.2. The van der Waals surface area contributed by atoms with E-state index in [2.05, 4.69) is 37.1 Å². The Labute approximate surface area is 290 Å². The summed E-state index contributed by atoms with van der Waals surface area (Å²) in [6.45, 7) is 3.68. The van der Waals surface area contributed by atoms with Gasteiger partial charge in [0.1, 0.15) is 13.2 Å². The van der Waals surface area contributed by atoms with Crippen LogP contribution in [0.3, 0.4) is 0 Å². The van der Waals surface area contributed by atoms with Crippen LogP contribution in [0, 0.1) is 0 Å². The molecule has 2 amide bonds. The normalized spacial score (nSPS) is 15.1. The number of carbonyl (C=O) groups is 2. The minimum Gasteiger partial charge on any atom is -0.493 e. The fourth-order valence-electron chi connectivity index (χ4n) is 4.59. The average molecular weight is 752 g/mol. The molecule has 4 rings (SSSR count). The highest BCUT2D eigenvalue weighted by Crippen LogP contribution is 2.36. The van der Waals surface area contributed by atoms with Crippen LogP contribution in [0.2, 0.25) is 10.0 Å². The van der Waals surface area contributed by atoms with E-state index in [0.717, 1.165) is 10.0 Å². The molecule has 2 atom stereocenters. The van der Waals surface area contributed by atoms with Gasteiger partial charge < -0.3 is 39.4 Å². The number of nitrogens with zero attached hydrogens (tertiary/aromatic N) is 1. The van der Waals surface area contributed by atoms with E-state index in [1.807, 2.05) is 0 Å². The number of aliphatic hydroxyl groups excluding tert-OH is 1. The van der Waals surface area contributed by atoms with Gasteiger partial charge >= 0.3 is 12.0 Å². The molecular weight excluding hydrogens is 719 g/mol. The van der Waals surface area contributed by atoms with Crippen LogP contribution in [-0.4, -0.2) is 57.0 Å². The zero-order valence-corrected chi connectivity index (χ0v) is 29.0. The van der Waals surface area contributed by atoms with Crippen molar-refractivity contribution >= 4 is 57.3 Å². The number of carbonyl (C=O) groups excluding carboxylic acids is 2. The predicted octanol–water partition coefficient (Wildman–Crippen LogP) is 5.86. The summed E-state index contributed by atoms with van der Waals surface area (Å²) in [5, 5.41) is 21.1. The second-order valence-electron chi connectivity index (χ2n) is 9.97. The largest absolute Gasteiger partial charge is 0.493 e. The third-order valence-corrected chi connectivity index (χ3v) is 7.80. The van der Waals surface area contributed by atoms with Gasteiger partial charge in [-0.3, -0.25) is 5.43 Å². The number of halogens is 3. The lowest BCUT2D eigenvalue weighted by Gasteiger charge is -2.28. The summed E-state index contributed by atoms with van der Waals surface area (Å²) in [5.41, 5.74) is 5.11. The Morgan fingerprint density at radius 3 is 2.57 bits per heavy atom. The van der Waals surface area contributed by atoms with Gasteiger partial charge in [0.25, 0.3) is 0 Å². The molecule has 0 fully saturated rings. The second kappa shape index (κ2) is 16.6. The van der Waals surface area contributed by atoms with E-state index in [0.29, 0.717) is 56.5 Å². The van der Waals surface area contributed by atoms with E-state index in [1.165, 1.54) is 20.4 Å². The van der Waals surface area contributed by atoms with Gasteiger partial charge in [-0.05, 0) is 55.8 Å². The Bertz CT molecular complexity index is 1690. The molecule has 1 aliphatic heterocycles. The Kier molecular flexibility index (Phi) is 12.6. The third-order valence-electron chi connectivity index (χ3n) is 6.75. The maximum atomic E-state index is 12.5. The van der Waals surface area contributed by atoms with Crippen molar-refractivity contribution in [1.29, 1.82) is 0 Å². The highest BCUT2D eigenvalue weighted by atomic mass is 79.9. The minimum absolute atomic E-state index is 0.142. The SMILES string of the molecule is CCOc1cc([C@H]2NC(=O)NC(C)=C2C(=O)OC)ccc1OC[C@H](O)N/N=C/c1cc(Br)cc(OC)c1OCc1ccc(Cl)cc1Cl. The van der Waals surface area contributed by atoms with Crippen molar-refractivity contribution in [2.24, 2.45) is 5.10 Å². The van der Waals surface area contributed by atoms with Crippen LogP contribution in [0.15, 0.2) is 69.4 Å². The molecule has 0 saturated heterocycles. The van der Waals surface area contributed by atoms with E-state index >= 15 is 0 Å². The Hall–Kier alpha value is -4.17. The molecule has 0 aromatic heterocycles. The van der Waals surface area contributed by atoms with Gasteiger partial charge in [0.2, 0.25) is 0 Å². The number of allylic oxidation sites excluding steroid dienone is 1. The molecule has 3 aromatic rings. The van der Waals surface area contributed by atoms with E-state index in [-0.39, 0.29) is 18.8 Å². The van der Waals surface area contributed by atoms with Gasteiger partial charge in [0.05, 0.1) is 38.7 Å². The number of urea groups is 1. The minimum atomic E-state index is -1.22. The Morgan fingerprint density at radius 2 is 1.87 bits per heavy atom. The van der Waals surface area contributed by atoms with Gasteiger partial charge in [-0.25, -0.2) is 9.59 Å². The summed E-state index contributed by atoms with van der Waals surface area (Å²) in [6, 6.07) is 12.4. The number of hydrogen-bond acceptors (Lipinski definition) is 10. The maximum absolute atomic E-state index is 12.5. The molecule has 0 unspecified atom stereocenters. The van der Waals surface area contributed by atoms with Crippen LogP contribution in [0.1, 0.15) is 36.6 Å². The number of benzene rings is 3. The van der Waals surface area contributed by atoms with Crippen LogP contribution in [0.25, 0.3) is 0 Å². The second-order valence-corrected chi connectivity index (χ2v) is 11.7. The van der Waals surface area contributed by atoms with Crippen molar-refractivity contribution in [1.82, 2.24) is 16.1 Å². The third kappa shape index (κ3) is 9.22. The summed E-state index contributed by atoms with van der Waals surface area (Å²) >= 11 is 15.8. The van der Waals surface area contributed by atoms with E-state index in [4.69, 9.17) is 46.9 Å². The molecule has 0 aliphatic carbocycles. The maximum Gasteiger partial charge on any atom is 0.337 e. The van der Waals surface area contributed by atoms with Gasteiger partial charge in [0, 0.05) is 31.3 Å². The summed E-state index contributed by atoms with van der Waals surface area (Å²) in [7, 11) is 2.79. The number of rotatable bonds is 14. The topological polar surface area (TPSA) is 149 Å². The highest BCUT2D eigenvalue weighted by molar-refractivity contribution is 9.10. The van der Waals surface area contributed by atoms with Crippen LogP contribution in [0.4, 0.5) is 4.79 Å². The Morgan fingerprint density at radius 1 is 1.09 bits per heavy atom. The van der Waals surface area contributed by atoms with Crippen molar-refractivity contribution in [3.05, 3.63) is 91.0 Å². The molecule has 3 aromatic carbocycles. The first-order valence-corrected chi connectivity index (χ1v) is 15.8. The van der Waals surface area contributed by atoms with Gasteiger partial charge in [-0.15, -0.1) is 0 Å². The van der Waals surface area contributed by atoms with Crippen molar-refractivity contribution in [3.8, 4) is 23.0 Å². The summed E-state index contributed by atoms with van der Waals surface area (Å²) < 4.78 is 28.8. The number of methoxy groups -OCH3 is 2. The van der Waals surface area contributed by atoms with Crippen molar-refractivity contribution in [3.63, 3.8) is 0 Å². The number of aliphatic hydroxyl groups is 1. The number of ether oxygens (including phenoxy) is 5. The Balaban J connectivity index is 1.45. The smallest absolute Gasteiger partial charge is 0.337 e. The number of amides is 2. The number of hydrazone groups is 1. The van der Waals surface area contributed by atoms with Crippen LogP contribution in [0.5, 0.6) is 23.0 Å². The van der Waals surface area contributed by atoms with E-state index < -0.39 is 24.3 Å². The molecule has 15 heteroatoms. The molecule has 12 nitrogen and oxygen atoms in total. The number of nitrogens with one attached hydrogen (secondary N) is 3. The van der Waals surface area contributed by atoms with Gasteiger partial charge in [-0.2, -0.15) is 5.10 Å². The first-order chi connectivity index (χ1) is 22.5. The molecule has 0 spiro atoms. The van der Waals surface area contributed by atoms with Crippen LogP contribution in [-0.2, 0) is 16.1 Å². The molecular formula is C32H33BrCl2N4O8. The van der Waals surface area contributed by atoms with Crippen molar-refractivity contribution in [2.75, 3.05) is 27.4 Å². The van der Waals surface area contributed by atoms with Crippen molar-refractivity contribution in [2.45, 2.75) is 32.7 Å². The monoisotopic (exact) mass is 750 g/mol. The van der Waals surface area contributed by atoms with Gasteiger partial charge in [0.15, 0.2) is 29.2 Å². The molecule has 4 N–H and O–H groups in total. The van der Waals surface area contributed by atoms with Gasteiger partial charge in [-0.1, -0.05) is 51.3 Å². The lowest BCUT2D eigenvalue weighted by molar-refractivity contribution is -0.136. The molecule has 1 heterocycles. The van der Waals surface area contributed by atoms with Crippen LogP contribution >= 0.6 is 39.1 Å². The fraction of sp³-hybridized carbons (Fsp3) is 0.281. The summed E-state index contributed by atoms with van der Waals surface area (Å²) in [5.74, 6) is 0.951. The van der Waals surface area contributed by atoms with E-state index in [1.54, 1.807) is 62.4 Å². The average Bonchev–Trinajstić information content (AvgIpc) is 3.03. The summed E-state index contributed by atoms with van der Waals surface area (Å²) in [6.07, 6.45) is 0.254. The molecule has 47 heavy (non-hydrogen) atoms. The first kappa shape index (κ1) is 35.7. The quantitative estimate of drug-likeness (QED) is 0.0688. The van der Waals surface area contributed by atoms with E-state index in [9.17, 15) is 14.7 Å². The molecule has 0 bridgehead atoms. The number of hydrogen-bond donors (Lipinski definition) is 4. The summed E-state index contributed by atoms with van der Waals surface area (Å²) in [4.78, 5) is 24.7. The fourth-order valence-corrected chi connectivity index (χ4v) is 5.51.